The van der Waals surface area contributed by atoms with E-state index in [4.69, 9.17) is 0 Å². The molecule has 0 fully saturated rings. The molecule has 0 saturated carbocycles. The molecule has 0 aromatic rings. The molecular weight excluding hydrogens is 387 g/mol. The van der Waals surface area contributed by atoms with Crippen molar-refractivity contribution in [3.05, 3.63) is 0 Å². The Balaban J connectivity index is 5.33. The summed E-state index contributed by atoms with van der Waals surface area (Å²) in [6, 6.07) is 0. The van der Waals surface area contributed by atoms with Crippen LogP contribution in [0.4, 0.5) is 0 Å². The van der Waals surface area contributed by atoms with Gasteiger partial charge in [-0.1, -0.05) is 173 Å². The van der Waals surface area contributed by atoms with Crippen LogP contribution in [0.25, 0.3) is 0 Å². The van der Waals surface area contributed by atoms with Crippen LogP contribution in [0.1, 0.15) is 139 Å². The van der Waals surface area contributed by atoms with Crippen molar-refractivity contribution in [1.82, 2.24) is 0 Å². The van der Waals surface area contributed by atoms with E-state index in [0.717, 1.165) is 35.5 Å². The van der Waals surface area contributed by atoms with Crippen molar-refractivity contribution in [2.24, 2.45) is 35.5 Å². The van der Waals surface area contributed by atoms with Crippen molar-refractivity contribution in [2.45, 2.75) is 155 Å². The third-order valence-electron chi connectivity index (χ3n) is 8.27. The molecule has 0 aromatic carbocycles. The molecule has 3 atom stereocenters. The van der Waals surface area contributed by atoms with Crippen molar-refractivity contribution in [1.29, 1.82) is 0 Å². The molecule has 0 N–H and O–H groups in total. The second-order valence-electron chi connectivity index (χ2n) is 12.1. The lowest BCUT2D eigenvalue weighted by molar-refractivity contribution is 0.347. The van der Waals surface area contributed by atoms with Gasteiger partial charge in [-0.05, 0) is 17.8 Å². The molecule has 0 aliphatic heterocycles. The van der Waals surface area contributed by atoms with Crippen LogP contribution in [-0.4, -0.2) is 14.1 Å². The molecule has 1 heteroatoms. The van der Waals surface area contributed by atoms with E-state index in [1.54, 1.807) is 15.8 Å². The van der Waals surface area contributed by atoms with E-state index < -0.39 is 14.1 Å². The molecule has 0 spiro atoms. The first-order valence-corrected chi connectivity index (χ1v) is 17.2. The normalized spacial score (nSPS) is 15.1. The zero-order chi connectivity index (χ0) is 23.6. The fourth-order valence-electron chi connectivity index (χ4n) is 5.71. The summed E-state index contributed by atoms with van der Waals surface area (Å²) in [7, 11) is 0. The van der Waals surface area contributed by atoms with Gasteiger partial charge < -0.3 is 0 Å². The Bertz CT molecular complexity index is 316. The van der Waals surface area contributed by atoms with Crippen LogP contribution in [0.3, 0.4) is 0 Å². The monoisotopic (exact) mass is 450 g/mol. The van der Waals surface area contributed by atoms with Crippen LogP contribution >= 0.6 is 0 Å². The molecule has 0 rings (SSSR count). The molecule has 186 valence electrons. The predicted octanol–water partition coefficient (Wildman–Crippen LogP) is 11.0. The maximum absolute atomic E-state index is 2.52. The molecule has 0 aromatic heterocycles. The minimum atomic E-state index is -0.730. The number of hydrogen-bond donors (Lipinski definition) is 0. The van der Waals surface area contributed by atoms with Crippen LogP contribution < -0.4 is 0 Å². The maximum Gasteiger partial charge on any atom is 0.262 e. The van der Waals surface area contributed by atoms with Crippen LogP contribution in [-0.2, 0) is 0 Å². The Kier molecular flexibility index (Phi) is 20.3. The quantitative estimate of drug-likeness (QED) is 0.120. The van der Waals surface area contributed by atoms with E-state index in [1.165, 1.54) is 77.0 Å². The lowest BCUT2D eigenvalue weighted by Crippen LogP contribution is -2.29. The molecule has 31 heavy (non-hydrogen) atoms. The van der Waals surface area contributed by atoms with Crippen LogP contribution in [0, 0.1) is 35.5 Å². The van der Waals surface area contributed by atoms with Crippen molar-refractivity contribution in [3.8, 4) is 0 Å². The Morgan fingerprint density at radius 1 is 0.419 bits per heavy atom. The van der Waals surface area contributed by atoms with E-state index >= 15 is 0 Å². The minimum Gasteiger partial charge on any atom is -0.0908 e. The highest BCUT2D eigenvalue weighted by atomic mass is 27.2. The predicted molar refractivity (Wildman–Crippen MR) is 148 cm³/mol. The zero-order valence-corrected chi connectivity index (χ0v) is 24.8. The first-order valence-electron chi connectivity index (χ1n) is 14.8. The van der Waals surface area contributed by atoms with Crippen LogP contribution in [0.5, 0.6) is 0 Å². The number of hydrogen-bond acceptors (Lipinski definition) is 0. The van der Waals surface area contributed by atoms with Gasteiger partial charge >= 0.3 is 0 Å². The smallest absolute Gasteiger partial charge is 0.0908 e. The van der Waals surface area contributed by atoms with Gasteiger partial charge in [0.1, 0.15) is 0 Å². The topological polar surface area (TPSA) is 0 Å². The summed E-state index contributed by atoms with van der Waals surface area (Å²) >= 11 is -0.730. The average Bonchev–Trinajstić information content (AvgIpc) is 2.71. The Labute approximate surface area is 204 Å². The fraction of sp³-hybridized carbons (Fsp3) is 1.00. The molecule has 0 saturated heterocycles. The molecule has 0 heterocycles. The molecule has 0 aliphatic carbocycles. The zero-order valence-electron chi connectivity index (χ0n) is 23.6. The van der Waals surface area contributed by atoms with Crippen LogP contribution in [0.15, 0.2) is 0 Å². The van der Waals surface area contributed by atoms with Crippen molar-refractivity contribution in [2.75, 3.05) is 0 Å². The number of unbranched alkanes of at least 4 members (excludes halogenated alkanes) is 6. The highest BCUT2D eigenvalue weighted by molar-refractivity contribution is 6.59. The maximum atomic E-state index is 2.52. The molecule has 0 bridgehead atoms. The molecule has 0 amide bonds. The summed E-state index contributed by atoms with van der Waals surface area (Å²) in [5.74, 6) is 5.62. The van der Waals surface area contributed by atoms with Gasteiger partial charge in [-0.3, -0.25) is 0 Å². The third kappa shape index (κ3) is 15.9. The first-order chi connectivity index (χ1) is 14.8. The fourth-order valence-corrected chi connectivity index (χ4v) is 11.2. The summed E-state index contributed by atoms with van der Waals surface area (Å²) in [4.78, 5) is 0. The summed E-state index contributed by atoms with van der Waals surface area (Å²) < 4.78 is 0. The summed E-state index contributed by atoms with van der Waals surface area (Å²) in [6.07, 6.45) is 17.3. The SMILES string of the molecule is CCCCCC([CH2][Al]([CH2]C(CCCCC)C(C)C)[CH2]C(CCCCC)C(C)C)C(C)C. The average molecular weight is 451 g/mol. The Hall–Kier alpha value is 0.532. The van der Waals surface area contributed by atoms with Crippen molar-refractivity contribution < 1.29 is 0 Å². The molecular formula is C30H63Al. The molecule has 0 aliphatic rings. The van der Waals surface area contributed by atoms with Gasteiger partial charge in [0, 0.05) is 0 Å². The lowest BCUT2D eigenvalue weighted by Gasteiger charge is -2.31. The van der Waals surface area contributed by atoms with Gasteiger partial charge in [0.15, 0.2) is 0 Å². The second kappa shape index (κ2) is 20.0. The van der Waals surface area contributed by atoms with Gasteiger partial charge in [-0.2, -0.15) is 0 Å². The van der Waals surface area contributed by atoms with Gasteiger partial charge in [0.25, 0.3) is 14.1 Å². The highest BCUT2D eigenvalue weighted by Crippen LogP contribution is 2.35. The van der Waals surface area contributed by atoms with E-state index in [-0.39, 0.29) is 0 Å². The Morgan fingerprint density at radius 2 is 0.677 bits per heavy atom. The van der Waals surface area contributed by atoms with Gasteiger partial charge in [-0.25, -0.2) is 0 Å². The van der Waals surface area contributed by atoms with Gasteiger partial charge in [0.2, 0.25) is 0 Å². The third-order valence-corrected chi connectivity index (χ3v) is 12.1. The number of rotatable bonds is 21. The lowest BCUT2D eigenvalue weighted by atomic mass is 9.91. The summed E-state index contributed by atoms with van der Waals surface area (Å²) in [5, 5.41) is 4.90. The second-order valence-corrected chi connectivity index (χ2v) is 15.2. The summed E-state index contributed by atoms with van der Waals surface area (Å²) in [6.45, 7) is 22.2. The van der Waals surface area contributed by atoms with Crippen molar-refractivity contribution in [3.63, 3.8) is 0 Å². The van der Waals surface area contributed by atoms with Gasteiger partial charge in [0.05, 0.1) is 0 Å². The largest absolute Gasteiger partial charge is 0.262 e. The molecule has 3 unspecified atom stereocenters. The minimum absolute atomic E-state index is 0.730. The summed E-state index contributed by atoms with van der Waals surface area (Å²) in [5.41, 5.74) is 0. The van der Waals surface area contributed by atoms with Gasteiger partial charge in [-0.15, -0.1) is 0 Å². The van der Waals surface area contributed by atoms with Crippen molar-refractivity contribution >= 4 is 14.1 Å². The van der Waals surface area contributed by atoms with E-state index in [2.05, 4.69) is 62.3 Å². The Morgan fingerprint density at radius 3 is 0.871 bits per heavy atom. The van der Waals surface area contributed by atoms with E-state index in [1.807, 2.05) is 0 Å². The molecule has 0 nitrogen and oxygen atoms in total. The standard InChI is InChI=1S/3C10H21.Al/c3*1-5-6-7-8-10(4)9(2)3;/h3*9-10H,4-8H2,1-3H3;. The van der Waals surface area contributed by atoms with E-state index in [9.17, 15) is 0 Å². The molecule has 0 radical (unpaired) electrons. The van der Waals surface area contributed by atoms with E-state index in [0.29, 0.717) is 0 Å². The van der Waals surface area contributed by atoms with Crippen LogP contribution in [0.2, 0.25) is 15.8 Å². The first kappa shape index (κ1) is 31.5. The highest BCUT2D eigenvalue weighted by Gasteiger charge is 2.31.